The van der Waals surface area contributed by atoms with Crippen molar-refractivity contribution in [2.24, 2.45) is 21.3 Å². The SMILES string of the molecule is CC(C(=O)Nc1ccc(S(N)(=O)=O)cc1)N1CCCC(C(=O)N=Nc2c(O)[nH]c3cc([N+](=O)[O-])ccc23)C1. The lowest BCUT2D eigenvalue weighted by molar-refractivity contribution is -0.384. The Kier molecular flexibility index (Phi) is 7.52. The van der Waals surface area contributed by atoms with Crippen molar-refractivity contribution in [3.05, 3.63) is 52.6 Å². The molecule has 0 radical (unpaired) electrons. The molecule has 2 atom stereocenters. The number of hydrogen-bond donors (Lipinski definition) is 4. The second-order valence-corrected chi connectivity index (χ2v) is 10.5. The molecule has 2 heterocycles. The van der Waals surface area contributed by atoms with Crippen LogP contribution >= 0.6 is 0 Å². The quantitative estimate of drug-likeness (QED) is 0.197. The minimum absolute atomic E-state index is 0.00267. The van der Waals surface area contributed by atoms with Gasteiger partial charge in [0.05, 0.1) is 27.3 Å². The van der Waals surface area contributed by atoms with Crippen molar-refractivity contribution in [2.75, 3.05) is 18.4 Å². The lowest BCUT2D eigenvalue weighted by Gasteiger charge is -2.34. The number of nitrogens with one attached hydrogen (secondary N) is 2. The van der Waals surface area contributed by atoms with Crippen molar-refractivity contribution in [2.45, 2.75) is 30.7 Å². The van der Waals surface area contributed by atoms with Gasteiger partial charge < -0.3 is 15.4 Å². The van der Waals surface area contributed by atoms with Gasteiger partial charge in [-0.15, -0.1) is 10.2 Å². The molecule has 15 heteroatoms. The number of sulfonamides is 1. The summed E-state index contributed by atoms with van der Waals surface area (Å²) in [6.45, 7) is 2.55. The van der Waals surface area contributed by atoms with Gasteiger partial charge >= 0.3 is 0 Å². The van der Waals surface area contributed by atoms with E-state index in [9.17, 15) is 33.2 Å². The van der Waals surface area contributed by atoms with Gasteiger partial charge in [0, 0.05) is 29.8 Å². The normalized spacial score (nSPS) is 17.5. The summed E-state index contributed by atoms with van der Waals surface area (Å²) in [6.07, 6.45) is 1.19. The number of H-pyrrole nitrogens is 1. The van der Waals surface area contributed by atoms with Crippen LogP contribution < -0.4 is 10.5 Å². The molecule has 14 nitrogen and oxygen atoms in total. The molecule has 0 saturated carbocycles. The predicted molar refractivity (Wildman–Crippen MR) is 136 cm³/mol. The van der Waals surface area contributed by atoms with Gasteiger partial charge in [0.2, 0.25) is 21.8 Å². The van der Waals surface area contributed by atoms with E-state index in [0.717, 1.165) is 0 Å². The van der Waals surface area contributed by atoms with Gasteiger partial charge in [-0.25, -0.2) is 13.6 Å². The summed E-state index contributed by atoms with van der Waals surface area (Å²) in [4.78, 5) is 40.3. The third-order valence-electron chi connectivity index (χ3n) is 6.37. The summed E-state index contributed by atoms with van der Waals surface area (Å²) >= 11 is 0. The maximum Gasteiger partial charge on any atom is 0.271 e. The van der Waals surface area contributed by atoms with Gasteiger partial charge in [-0.05, 0) is 56.6 Å². The highest BCUT2D eigenvalue weighted by Crippen LogP contribution is 2.37. The number of aromatic amines is 1. The Morgan fingerprint density at radius 3 is 2.63 bits per heavy atom. The predicted octanol–water partition coefficient (Wildman–Crippen LogP) is 2.78. The van der Waals surface area contributed by atoms with Crippen molar-refractivity contribution in [3.63, 3.8) is 0 Å². The van der Waals surface area contributed by atoms with Crippen LogP contribution in [0.3, 0.4) is 0 Å². The molecule has 1 aliphatic heterocycles. The number of nitro benzene ring substituents is 1. The van der Waals surface area contributed by atoms with Crippen molar-refractivity contribution < 1.29 is 28.0 Å². The minimum Gasteiger partial charge on any atom is -0.493 e. The second-order valence-electron chi connectivity index (χ2n) is 8.92. The van der Waals surface area contributed by atoms with Crippen LogP contribution in [0.4, 0.5) is 17.1 Å². The number of anilines is 1. The van der Waals surface area contributed by atoms with Crippen molar-refractivity contribution in [1.29, 1.82) is 0 Å². The van der Waals surface area contributed by atoms with Gasteiger partial charge in [-0.2, -0.15) is 0 Å². The number of aromatic nitrogens is 1. The second kappa shape index (κ2) is 10.6. The van der Waals surface area contributed by atoms with E-state index in [-0.39, 0.29) is 40.1 Å². The van der Waals surface area contributed by atoms with E-state index >= 15 is 0 Å². The highest BCUT2D eigenvalue weighted by atomic mass is 32.2. The number of aromatic hydroxyl groups is 1. The fourth-order valence-corrected chi connectivity index (χ4v) is 4.77. The first-order valence-corrected chi connectivity index (χ1v) is 13.1. The average molecular weight is 544 g/mol. The van der Waals surface area contributed by atoms with Crippen molar-refractivity contribution >= 4 is 49.8 Å². The zero-order chi connectivity index (χ0) is 27.6. The number of non-ortho nitro benzene ring substituents is 1. The van der Waals surface area contributed by atoms with Crippen LogP contribution in [0, 0.1) is 16.0 Å². The Balaban J connectivity index is 1.40. The number of nitro groups is 1. The summed E-state index contributed by atoms with van der Waals surface area (Å²) in [6, 6.07) is 8.79. The average Bonchev–Trinajstić information content (AvgIpc) is 3.20. The van der Waals surface area contributed by atoms with E-state index in [1.807, 2.05) is 4.90 Å². The van der Waals surface area contributed by atoms with Crippen LogP contribution in [-0.2, 0) is 19.6 Å². The number of likely N-dealkylation sites (tertiary alicyclic amines) is 1. The molecule has 0 spiro atoms. The summed E-state index contributed by atoms with van der Waals surface area (Å²) in [5, 5.41) is 37.0. The summed E-state index contributed by atoms with van der Waals surface area (Å²) < 4.78 is 22.8. The number of carbonyl (C=O) groups excluding carboxylic acids is 2. The Labute approximate surface area is 216 Å². The smallest absolute Gasteiger partial charge is 0.271 e. The molecule has 0 bridgehead atoms. The standard InChI is InChI=1S/C23H25N7O7S/c1-13(21(31)25-15-4-7-17(8-5-15)38(24,36)37)29-10-2-3-14(12-29)22(32)28-27-20-18-9-6-16(30(34)35)11-19(18)26-23(20)33/h4-9,11,13-14,26,33H,2-3,10,12H2,1H3,(H,25,31)(H2,24,36,37). The zero-order valence-electron chi connectivity index (χ0n) is 20.2. The number of nitrogens with two attached hydrogens (primary N) is 1. The van der Waals surface area contributed by atoms with Crippen LogP contribution in [-0.4, -0.2) is 59.3 Å². The monoisotopic (exact) mass is 543 g/mol. The lowest BCUT2D eigenvalue weighted by atomic mass is 9.96. The molecule has 4 rings (SSSR count). The molecule has 0 aliphatic carbocycles. The van der Waals surface area contributed by atoms with Crippen LogP contribution in [0.25, 0.3) is 10.9 Å². The molecular formula is C23H25N7O7S. The maximum absolute atomic E-state index is 12.8. The van der Waals surface area contributed by atoms with Crippen LogP contribution in [0.5, 0.6) is 5.88 Å². The number of hydrogen-bond acceptors (Lipinski definition) is 9. The minimum atomic E-state index is -3.84. The molecule has 1 fully saturated rings. The highest BCUT2D eigenvalue weighted by molar-refractivity contribution is 7.89. The topological polar surface area (TPSA) is 213 Å². The Hall–Kier alpha value is -4.21. The first kappa shape index (κ1) is 26.8. The Morgan fingerprint density at radius 1 is 1.26 bits per heavy atom. The number of rotatable bonds is 7. The first-order valence-electron chi connectivity index (χ1n) is 11.6. The molecular weight excluding hydrogens is 518 g/mol. The fraction of sp³-hybridized carbons (Fsp3) is 0.304. The summed E-state index contributed by atoms with van der Waals surface area (Å²) in [5.74, 6) is -1.74. The van der Waals surface area contributed by atoms with Gasteiger partial charge in [-0.3, -0.25) is 24.6 Å². The highest BCUT2D eigenvalue weighted by Gasteiger charge is 2.31. The molecule has 1 aromatic heterocycles. The molecule has 2 aromatic carbocycles. The Bertz CT molecular complexity index is 1530. The third kappa shape index (κ3) is 5.85. The largest absolute Gasteiger partial charge is 0.493 e. The van der Waals surface area contributed by atoms with Gasteiger partial charge in [-0.1, -0.05) is 0 Å². The van der Waals surface area contributed by atoms with Gasteiger partial charge in [0.1, 0.15) is 0 Å². The fourth-order valence-electron chi connectivity index (χ4n) is 4.25. The molecule has 200 valence electrons. The molecule has 2 unspecified atom stereocenters. The van der Waals surface area contributed by atoms with Crippen molar-refractivity contribution in [1.82, 2.24) is 9.88 Å². The van der Waals surface area contributed by atoms with Crippen molar-refractivity contribution in [3.8, 4) is 5.88 Å². The number of fused-ring (bicyclic) bond motifs is 1. The summed E-state index contributed by atoms with van der Waals surface area (Å²) in [5.41, 5.74) is 0.508. The maximum atomic E-state index is 12.8. The number of primary sulfonamides is 1. The van der Waals surface area contributed by atoms with E-state index in [1.165, 1.54) is 42.5 Å². The van der Waals surface area contributed by atoms with Crippen LogP contribution in [0.2, 0.25) is 0 Å². The van der Waals surface area contributed by atoms with Crippen LogP contribution in [0.15, 0.2) is 57.6 Å². The van der Waals surface area contributed by atoms with E-state index in [4.69, 9.17) is 5.14 Å². The van der Waals surface area contributed by atoms with E-state index in [2.05, 4.69) is 20.5 Å². The molecule has 38 heavy (non-hydrogen) atoms. The molecule has 3 aromatic rings. The number of carbonyl (C=O) groups is 2. The number of benzene rings is 2. The zero-order valence-corrected chi connectivity index (χ0v) is 21.0. The van der Waals surface area contributed by atoms with Crippen LogP contribution in [0.1, 0.15) is 19.8 Å². The number of piperidine rings is 1. The van der Waals surface area contributed by atoms with E-state index in [0.29, 0.717) is 30.5 Å². The number of azo groups is 1. The third-order valence-corrected chi connectivity index (χ3v) is 7.30. The van der Waals surface area contributed by atoms with E-state index in [1.54, 1.807) is 6.92 Å². The Morgan fingerprint density at radius 2 is 1.97 bits per heavy atom. The number of amides is 2. The first-order chi connectivity index (χ1) is 17.9. The molecule has 5 N–H and O–H groups in total. The molecule has 1 saturated heterocycles. The molecule has 2 amide bonds. The summed E-state index contributed by atoms with van der Waals surface area (Å²) in [7, 11) is -3.84. The number of nitrogens with zero attached hydrogens (tertiary/aromatic N) is 4. The molecule has 1 aliphatic rings. The van der Waals surface area contributed by atoms with Gasteiger partial charge in [0.25, 0.3) is 11.6 Å². The lowest BCUT2D eigenvalue weighted by Crippen LogP contribution is -2.48. The van der Waals surface area contributed by atoms with E-state index < -0.39 is 32.8 Å². The van der Waals surface area contributed by atoms with Gasteiger partial charge in [0.15, 0.2) is 5.69 Å².